The van der Waals surface area contributed by atoms with Crippen molar-refractivity contribution >= 4 is 28.2 Å². The van der Waals surface area contributed by atoms with Crippen LogP contribution in [0.25, 0.3) is 0 Å². The smallest absolute Gasteiger partial charge is 0.251 e. The number of nitrogens with one attached hydrogen (secondary N) is 1. The summed E-state index contributed by atoms with van der Waals surface area (Å²) >= 11 is 1.41. The number of anilines is 1. The molecular formula is C17H20N2O2S. The van der Waals surface area contributed by atoms with Gasteiger partial charge >= 0.3 is 0 Å². The summed E-state index contributed by atoms with van der Waals surface area (Å²) in [6, 6.07) is 9.51. The number of hydrogen-bond donors (Lipinski definition) is 2. The molecule has 0 aliphatic heterocycles. The van der Waals surface area contributed by atoms with Gasteiger partial charge in [-0.15, -0.1) is 11.3 Å². The predicted octanol–water partition coefficient (Wildman–Crippen LogP) is 3.46. The van der Waals surface area contributed by atoms with Gasteiger partial charge in [0.1, 0.15) is 5.00 Å². The zero-order chi connectivity index (χ0) is 16.3. The Bertz CT molecular complexity index is 704. The van der Waals surface area contributed by atoms with Crippen molar-refractivity contribution in [1.82, 2.24) is 0 Å². The first-order chi connectivity index (χ1) is 10.4. The molecule has 3 N–H and O–H groups in total. The van der Waals surface area contributed by atoms with Gasteiger partial charge in [-0.1, -0.05) is 38.1 Å². The summed E-state index contributed by atoms with van der Waals surface area (Å²) in [5.41, 5.74) is 7.82. The predicted molar refractivity (Wildman–Crippen MR) is 90.4 cm³/mol. The fourth-order valence-electron chi connectivity index (χ4n) is 2.12. The van der Waals surface area contributed by atoms with Crippen molar-refractivity contribution in [3.8, 4) is 0 Å². The van der Waals surface area contributed by atoms with E-state index < -0.39 is 5.91 Å². The van der Waals surface area contributed by atoms with Crippen molar-refractivity contribution in [3.05, 3.63) is 51.9 Å². The highest BCUT2D eigenvalue weighted by atomic mass is 32.1. The van der Waals surface area contributed by atoms with E-state index in [4.69, 9.17) is 5.73 Å². The first-order valence-corrected chi connectivity index (χ1v) is 7.98. The highest BCUT2D eigenvalue weighted by Gasteiger charge is 2.17. The Kier molecular flexibility index (Phi) is 4.98. The number of amides is 2. The first kappa shape index (κ1) is 16.2. The zero-order valence-electron chi connectivity index (χ0n) is 13.0. The third-order valence-electron chi connectivity index (χ3n) is 3.45. The molecule has 0 aliphatic rings. The van der Waals surface area contributed by atoms with Crippen LogP contribution in [0.2, 0.25) is 0 Å². The Balaban J connectivity index is 2.18. The summed E-state index contributed by atoms with van der Waals surface area (Å²) in [6.07, 6.45) is 0.278. The normalized spacial score (nSPS) is 10.7. The molecule has 0 atom stereocenters. The number of nitrogens with two attached hydrogens (primary N) is 1. The summed E-state index contributed by atoms with van der Waals surface area (Å²) in [4.78, 5) is 24.8. The van der Waals surface area contributed by atoms with Crippen LogP contribution in [0.1, 0.15) is 46.1 Å². The lowest BCUT2D eigenvalue weighted by atomic mass is 10.1. The molecular weight excluding hydrogens is 296 g/mol. The molecule has 22 heavy (non-hydrogen) atoms. The van der Waals surface area contributed by atoms with Crippen LogP contribution < -0.4 is 11.1 Å². The molecule has 0 radical (unpaired) electrons. The minimum atomic E-state index is -0.519. The van der Waals surface area contributed by atoms with E-state index in [1.165, 1.54) is 11.3 Å². The fraction of sp³-hybridized carbons (Fsp3) is 0.294. The molecule has 5 heteroatoms. The van der Waals surface area contributed by atoms with Gasteiger partial charge in [-0.05, 0) is 30.0 Å². The molecule has 0 saturated heterocycles. The SMILES string of the molecule is Cc1ccccc1CC(=O)Nc1sc(C(C)C)cc1C(N)=O. The number of primary amides is 1. The number of thiophene rings is 1. The Hall–Kier alpha value is -2.14. The van der Waals surface area contributed by atoms with Gasteiger partial charge < -0.3 is 11.1 Å². The van der Waals surface area contributed by atoms with E-state index in [2.05, 4.69) is 5.32 Å². The summed E-state index contributed by atoms with van der Waals surface area (Å²) in [5, 5.41) is 3.36. The number of carbonyl (C=O) groups is 2. The minimum Gasteiger partial charge on any atom is -0.366 e. The molecule has 2 amide bonds. The lowest BCUT2D eigenvalue weighted by Gasteiger charge is -2.07. The van der Waals surface area contributed by atoms with Gasteiger partial charge in [0.25, 0.3) is 5.91 Å². The zero-order valence-corrected chi connectivity index (χ0v) is 13.8. The van der Waals surface area contributed by atoms with E-state index >= 15 is 0 Å². The van der Waals surface area contributed by atoms with Crippen LogP contribution >= 0.6 is 11.3 Å². The number of benzene rings is 1. The maximum absolute atomic E-state index is 12.2. The van der Waals surface area contributed by atoms with Crippen LogP contribution in [0.15, 0.2) is 30.3 Å². The highest BCUT2D eigenvalue weighted by Crippen LogP contribution is 2.32. The molecule has 1 aromatic heterocycles. The maximum Gasteiger partial charge on any atom is 0.251 e. The Morgan fingerprint density at radius 3 is 2.55 bits per heavy atom. The van der Waals surface area contributed by atoms with Gasteiger partial charge in [-0.3, -0.25) is 9.59 Å². The Morgan fingerprint density at radius 2 is 1.95 bits per heavy atom. The molecule has 2 rings (SSSR count). The summed E-state index contributed by atoms with van der Waals surface area (Å²) in [6.45, 7) is 6.05. The van der Waals surface area contributed by atoms with Crippen LogP contribution in [-0.2, 0) is 11.2 Å². The van der Waals surface area contributed by atoms with Gasteiger partial charge in [-0.25, -0.2) is 0 Å². The molecule has 0 spiro atoms. The van der Waals surface area contributed by atoms with Crippen LogP contribution in [0.5, 0.6) is 0 Å². The highest BCUT2D eigenvalue weighted by molar-refractivity contribution is 7.16. The van der Waals surface area contributed by atoms with Crippen molar-refractivity contribution in [2.75, 3.05) is 5.32 Å². The Morgan fingerprint density at radius 1 is 1.27 bits per heavy atom. The summed E-state index contributed by atoms with van der Waals surface area (Å²) in [7, 11) is 0. The second kappa shape index (κ2) is 6.75. The second-order valence-electron chi connectivity index (χ2n) is 5.56. The molecule has 1 aromatic carbocycles. The molecule has 0 aliphatic carbocycles. The average molecular weight is 316 g/mol. The second-order valence-corrected chi connectivity index (χ2v) is 6.65. The standard InChI is InChI=1S/C17H20N2O2S/c1-10(2)14-9-13(16(18)21)17(22-14)19-15(20)8-12-7-5-4-6-11(12)3/h4-7,9-10H,8H2,1-3H3,(H2,18,21)(H,19,20). The molecule has 0 unspecified atom stereocenters. The largest absolute Gasteiger partial charge is 0.366 e. The number of rotatable bonds is 5. The maximum atomic E-state index is 12.2. The monoisotopic (exact) mass is 316 g/mol. The third-order valence-corrected chi connectivity index (χ3v) is 4.80. The number of aryl methyl sites for hydroxylation is 1. The summed E-state index contributed by atoms with van der Waals surface area (Å²) in [5.74, 6) is -0.381. The van der Waals surface area contributed by atoms with E-state index in [1.807, 2.05) is 45.0 Å². The molecule has 1 heterocycles. The topological polar surface area (TPSA) is 72.2 Å². The van der Waals surface area contributed by atoms with Gasteiger partial charge in [0.15, 0.2) is 0 Å². The average Bonchev–Trinajstić information content (AvgIpc) is 2.85. The van der Waals surface area contributed by atoms with Gasteiger partial charge in [-0.2, -0.15) is 0 Å². The van der Waals surface area contributed by atoms with Crippen LogP contribution in [-0.4, -0.2) is 11.8 Å². The van der Waals surface area contributed by atoms with Crippen LogP contribution in [0, 0.1) is 6.92 Å². The van der Waals surface area contributed by atoms with Crippen molar-refractivity contribution in [2.24, 2.45) is 5.73 Å². The minimum absolute atomic E-state index is 0.144. The van der Waals surface area contributed by atoms with Crippen LogP contribution in [0.3, 0.4) is 0 Å². The number of hydrogen-bond acceptors (Lipinski definition) is 3. The van der Waals surface area contributed by atoms with Crippen molar-refractivity contribution in [3.63, 3.8) is 0 Å². The molecule has 2 aromatic rings. The molecule has 0 fully saturated rings. The van der Waals surface area contributed by atoms with Gasteiger partial charge in [0.05, 0.1) is 12.0 Å². The molecule has 4 nitrogen and oxygen atoms in total. The van der Waals surface area contributed by atoms with E-state index in [0.717, 1.165) is 16.0 Å². The molecule has 0 saturated carbocycles. The van der Waals surface area contributed by atoms with Crippen molar-refractivity contribution in [1.29, 1.82) is 0 Å². The third kappa shape index (κ3) is 3.74. The number of carbonyl (C=O) groups excluding carboxylic acids is 2. The van der Waals surface area contributed by atoms with Crippen LogP contribution in [0.4, 0.5) is 5.00 Å². The van der Waals surface area contributed by atoms with Gasteiger partial charge in [0.2, 0.25) is 5.91 Å². The van der Waals surface area contributed by atoms with Crippen molar-refractivity contribution in [2.45, 2.75) is 33.1 Å². The van der Waals surface area contributed by atoms with Gasteiger partial charge in [0, 0.05) is 4.88 Å². The summed E-state index contributed by atoms with van der Waals surface area (Å²) < 4.78 is 0. The Labute approximate surface area is 134 Å². The van der Waals surface area contributed by atoms with Crippen molar-refractivity contribution < 1.29 is 9.59 Å². The van der Waals surface area contributed by atoms with E-state index in [9.17, 15) is 9.59 Å². The van der Waals surface area contributed by atoms with E-state index in [-0.39, 0.29) is 18.2 Å². The quantitative estimate of drug-likeness (QED) is 0.886. The molecule has 0 bridgehead atoms. The van der Waals surface area contributed by atoms with E-state index in [1.54, 1.807) is 6.07 Å². The van der Waals surface area contributed by atoms with E-state index in [0.29, 0.717) is 10.6 Å². The lowest BCUT2D eigenvalue weighted by molar-refractivity contribution is -0.115. The lowest BCUT2D eigenvalue weighted by Crippen LogP contribution is -2.18. The fourth-order valence-corrected chi connectivity index (χ4v) is 3.21. The first-order valence-electron chi connectivity index (χ1n) is 7.16. The molecule has 116 valence electrons.